The van der Waals surface area contributed by atoms with Crippen molar-refractivity contribution in [2.45, 2.75) is 32.4 Å². The van der Waals surface area contributed by atoms with Crippen LogP contribution in [0.25, 0.3) is 10.9 Å². The molecule has 0 spiro atoms. The van der Waals surface area contributed by atoms with Crippen LogP contribution in [0.15, 0.2) is 60.7 Å². The zero-order chi connectivity index (χ0) is 19.6. The fraction of sp³-hybridized carbons (Fsp3) is 0.400. The molecule has 0 bridgehead atoms. The van der Waals surface area contributed by atoms with Gasteiger partial charge in [0.1, 0.15) is 0 Å². The fourth-order valence-electron chi connectivity index (χ4n) is 4.96. The summed E-state index contributed by atoms with van der Waals surface area (Å²) in [6, 6.07) is 21.5. The van der Waals surface area contributed by atoms with Crippen molar-refractivity contribution in [3.05, 3.63) is 71.9 Å². The van der Waals surface area contributed by atoms with Gasteiger partial charge in [-0.1, -0.05) is 48.5 Å². The van der Waals surface area contributed by atoms with E-state index >= 15 is 0 Å². The van der Waals surface area contributed by atoms with E-state index in [2.05, 4.69) is 70.1 Å². The molecule has 5 heteroatoms. The number of likely N-dealkylation sites (tertiary alicyclic amines) is 1. The molecule has 0 saturated carbocycles. The van der Waals surface area contributed by atoms with Crippen LogP contribution in [-0.4, -0.2) is 46.5 Å². The van der Waals surface area contributed by atoms with Crippen LogP contribution in [0.2, 0.25) is 0 Å². The highest BCUT2D eigenvalue weighted by Crippen LogP contribution is 2.25. The van der Waals surface area contributed by atoms with Crippen molar-refractivity contribution in [3.63, 3.8) is 0 Å². The molecule has 0 N–H and O–H groups in total. The Morgan fingerprint density at radius 3 is 2.43 bits per heavy atom. The van der Waals surface area contributed by atoms with Crippen LogP contribution in [0.3, 0.4) is 0 Å². The van der Waals surface area contributed by atoms with E-state index in [1.54, 1.807) is 0 Å². The first-order valence-electron chi connectivity index (χ1n) is 10.9. The minimum absolute atomic E-state index is 0. The Hall–Kier alpha value is -2.30. The number of hydrogen-bond acceptors (Lipinski definition) is 2. The van der Waals surface area contributed by atoms with Crippen molar-refractivity contribution in [1.82, 2.24) is 14.4 Å². The van der Waals surface area contributed by atoms with E-state index in [1.807, 2.05) is 4.90 Å². The third-order valence-corrected chi connectivity index (χ3v) is 6.63. The van der Waals surface area contributed by atoms with Crippen LogP contribution in [0.5, 0.6) is 0 Å². The van der Waals surface area contributed by atoms with E-state index in [-0.39, 0.29) is 18.3 Å². The Bertz CT molecular complexity index is 992. The molecular formula is C25H30ClN3O. The van der Waals surface area contributed by atoms with Crippen LogP contribution in [-0.2, 0) is 24.3 Å². The van der Waals surface area contributed by atoms with Crippen molar-refractivity contribution in [2.75, 3.05) is 26.2 Å². The van der Waals surface area contributed by atoms with Gasteiger partial charge < -0.3 is 9.47 Å². The quantitative estimate of drug-likeness (QED) is 0.623. The maximum Gasteiger partial charge on any atom is 0.237 e. The van der Waals surface area contributed by atoms with E-state index in [9.17, 15) is 4.79 Å². The number of amides is 1. The number of carbonyl (C=O) groups excluding carboxylic acids is 1. The van der Waals surface area contributed by atoms with Crippen molar-refractivity contribution in [2.24, 2.45) is 5.92 Å². The summed E-state index contributed by atoms with van der Waals surface area (Å²) in [6.07, 6.45) is 3.55. The highest BCUT2D eigenvalue weighted by atomic mass is 35.5. The summed E-state index contributed by atoms with van der Waals surface area (Å²) in [4.78, 5) is 17.3. The number of benzene rings is 2. The predicted octanol–water partition coefficient (Wildman–Crippen LogP) is 4.36. The molecule has 2 aliphatic rings. The molecule has 30 heavy (non-hydrogen) atoms. The number of para-hydroxylation sites is 1. The minimum atomic E-state index is 0. The van der Waals surface area contributed by atoms with Gasteiger partial charge in [-0.2, -0.15) is 0 Å². The summed E-state index contributed by atoms with van der Waals surface area (Å²) in [5, 5.41) is 1.28. The van der Waals surface area contributed by atoms with Gasteiger partial charge >= 0.3 is 0 Å². The third kappa shape index (κ3) is 4.40. The zero-order valence-corrected chi connectivity index (χ0v) is 18.2. The van der Waals surface area contributed by atoms with Gasteiger partial charge in [0.15, 0.2) is 0 Å². The summed E-state index contributed by atoms with van der Waals surface area (Å²) in [7, 11) is 0. The topological polar surface area (TPSA) is 28.5 Å². The van der Waals surface area contributed by atoms with E-state index in [1.165, 1.54) is 41.4 Å². The zero-order valence-electron chi connectivity index (χ0n) is 17.4. The Morgan fingerprint density at radius 2 is 1.63 bits per heavy atom. The normalized spacial score (nSPS) is 17.5. The van der Waals surface area contributed by atoms with Gasteiger partial charge in [0.2, 0.25) is 5.91 Å². The molecule has 0 aliphatic carbocycles. The molecule has 3 heterocycles. The van der Waals surface area contributed by atoms with Crippen LogP contribution >= 0.6 is 12.4 Å². The minimum Gasteiger partial charge on any atom is -0.341 e. The molecule has 3 aromatic rings. The molecule has 5 rings (SSSR count). The summed E-state index contributed by atoms with van der Waals surface area (Å²) in [5.41, 5.74) is 3.98. The van der Waals surface area contributed by atoms with Crippen molar-refractivity contribution < 1.29 is 4.79 Å². The molecule has 158 valence electrons. The molecule has 0 radical (unpaired) electrons. The second kappa shape index (κ2) is 9.23. The number of hydrogen-bond donors (Lipinski definition) is 0. The van der Waals surface area contributed by atoms with Crippen molar-refractivity contribution >= 4 is 29.2 Å². The second-order valence-corrected chi connectivity index (χ2v) is 8.57. The summed E-state index contributed by atoms with van der Waals surface area (Å²) < 4.78 is 2.37. The standard InChI is InChI=1S/C25H29N3O.ClH/c29-25(19-26-12-10-21(11-13-26)16-20-6-2-1-3-7-20)27-14-15-28-23(18-27)17-22-8-4-5-9-24(22)28;/h1-9,17,21H,10-16,18-19H2;1H. The van der Waals surface area contributed by atoms with Gasteiger partial charge in [0.25, 0.3) is 0 Å². The molecule has 2 aliphatic heterocycles. The SMILES string of the molecule is Cl.O=C(CN1CCC(Cc2ccccc2)CC1)N1CCn2c(cc3ccccc32)C1. The van der Waals surface area contributed by atoms with Crippen LogP contribution < -0.4 is 0 Å². The van der Waals surface area contributed by atoms with E-state index in [4.69, 9.17) is 0 Å². The van der Waals surface area contributed by atoms with Crippen molar-refractivity contribution in [1.29, 1.82) is 0 Å². The monoisotopic (exact) mass is 423 g/mol. The smallest absolute Gasteiger partial charge is 0.237 e. The van der Waals surface area contributed by atoms with E-state index < -0.39 is 0 Å². The van der Waals surface area contributed by atoms with Crippen molar-refractivity contribution in [3.8, 4) is 0 Å². The molecule has 1 saturated heterocycles. The highest BCUT2D eigenvalue weighted by Gasteiger charge is 2.26. The largest absolute Gasteiger partial charge is 0.341 e. The molecule has 1 amide bonds. The molecular weight excluding hydrogens is 394 g/mol. The van der Waals surface area contributed by atoms with Crippen LogP contribution in [0, 0.1) is 5.92 Å². The first-order valence-corrected chi connectivity index (χ1v) is 10.9. The lowest BCUT2D eigenvalue weighted by molar-refractivity contribution is -0.134. The molecule has 4 nitrogen and oxygen atoms in total. The molecule has 1 aromatic heterocycles. The number of piperidine rings is 1. The first kappa shape index (κ1) is 21.0. The lowest BCUT2D eigenvalue weighted by Gasteiger charge is -2.34. The van der Waals surface area contributed by atoms with Gasteiger partial charge in [-0.05, 0) is 61.4 Å². The van der Waals surface area contributed by atoms with Crippen LogP contribution in [0.4, 0.5) is 0 Å². The Kier molecular flexibility index (Phi) is 6.45. The number of carbonyl (C=O) groups is 1. The number of rotatable bonds is 4. The summed E-state index contributed by atoms with van der Waals surface area (Å²) in [5.74, 6) is 1.03. The number of fused-ring (bicyclic) bond motifs is 3. The van der Waals surface area contributed by atoms with Crippen LogP contribution in [0.1, 0.15) is 24.1 Å². The number of aromatic nitrogens is 1. The average Bonchev–Trinajstić information content (AvgIpc) is 3.14. The van der Waals surface area contributed by atoms with Gasteiger partial charge in [-0.25, -0.2) is 0 Å². The highest BCUT2D eigenvalue weighted by molar-refractivity contribution is 5.85. The lowest BCUT2D eigenvalue weighted by atomic mass is 9.90. The molecule has 0 atom stereocenters. The molecule has 1 fully saturated rings. The lowest BCUT2D eigenvalue weighted by Crippen LogP contribution is -2.45. The second-order valence-electron chi connectivity index (χ2n) is 8.57. The average molecular weight is 424 g/mol. The first-order chi connectivity index (χ1) is 14.3. The predicted molar refractivity (Wildman–Crippen MR) is 124 cm³/mol. The maximum absolute atomic E-state index is 12.9. The van der Waals surface area contributed by atoms with E-state index in [0.29, 0.717) is 6.54 Å². The maximum atomic E-state index is 12.9. The van der Waals surface area contributed by atoms with Gasteiger partial charge in [-0.15, -0.1) is 12.4 Å². The number of nitrogens with zero attached hydrogens (tertiary/aromatic N) is 3. The molecule has 2 aromatic carbocycles. The number of halogens is 1. The Balaban J connectivity index is 0.00000218. The third-order valence-electron chi connectivity index (χ3n) is 6.63. The van der Waals surface area contributed by atoms with Gasteiger partial charge in [-0.3, -0.25) is 9.69 Å². The Morgan fingerprint density at radius 1 is 0.900 bits per heavy atom. The Labute approximate surface area is 184 Å². The summed E-state index contributed by atoms with van der Waals surface area (Å²) in [6.45, 7) is 5.09. The van der Waals surface area contributed by atoms with E-state index in [0.717, 1.165) is 38.6 Å². The summed E-state index contributed by atoms with van der Waals surface area (Å²) >= 11 is 0. The molecule has 0 unspecified atom stereocenters. The fourth-order valence-corrected chi connectivity index (χ4v) is 4.96. The van der Waals surface area contributed by atoms with Gasteiger partial charge in [0.05, 0.1) is 13.1 Å². The van der Waals surface area contributed by atoms with Gasteiger partial charge in [0, 0.05) is 24.3 Å².